The van der Waals surface area contributed by atoms with E-state index in [0.29, 0.717) is 11.3 Å². The minimum Gasteiger partial charge on any atom is -0.497 e. The van der Waals surface area contributed by atoms with Crippen LogP contribution in [0.5, 0.6) is 5.75 Å². The summed E-state index contributed by atoms with van der Waals surface area (Å²) in [7, 11) is 1.53. The molecule has 3 fully saturated rings. The normalized spacial score (nSPS) is 31.8. The molecule has 0 unspecified atom stereocenters. The number of alkyl halides is 2. The first-order valence-electron chi connectivity index (χ1n) is 9.79. The van der Waals surface area contributed by atoms with Gasteiger partial charge in [-0.05, 0) is 42.5 Å². The molecule has 1 aromatic rings. The van der Waals surface area contributed by atoms with Crippen molar-refractivity contribution in [3.05, 3.63) is 29.8 Å². The number of nitrogens with zero attached hydrogens (tertiary/aromatic N) is 1. The van der Waals surface area contributed by atoms with E-state index < -0.39 is 5.97 Å². The Hall–Kier alpha value is -1.74. The Balaban J connectivity index is 1.28. The molecule has 0 aromatic heterocycles. The summed E-state index contributed by atoms with van der Waals surface area (Å²) in [5, 5.41) is 0. The molecule has 4 rings (SSSR count). The lowest BCUT2D eigenvalue weighted by molar-refractivity contribution is -0.145. The molecule has 0 N–H and O–H groups in total. The van der Waals surface area contributed by atoms with Crippen molar-refractivity contribution >= 4 is 55.4 Å². The van der Waals surface area contributed by atoms with Crippen molar-refractivity contribution in [1.82, 2.24) is 4.90 Å². The Bertz CT molecular complexity index is 856. The third-order valence-electron chi connectivity index (χ3n) is 6.39. The van der Waals surface area contributed by atoms with Gasteiger partial charge in [-0.2, -0.15) is 0 Å². The van der Waals surface area contributed by atoms with Crippen molar-refractivity contribution < 1.29 is 28.7 Å². The van der Waals surface area contributed by atoms with Crippen LogP contribution in [0.3, 0.4) is 0 Å². The maximum Gasteiger partial charge on any atom is 0.308 e. The molecule has 1 saturated heterocycles. The molecule has 2 aliphatic carbocycles. The number of ketones is 1. The molecule has 30 heavy (non-hydrogen) atoms. The van der Waals surface area contributed by atoms with Gasteiger partial charge in [-0.1, -0.05) is 31.9 Å². The molecule has 2 saturated carbocycles. The van der Waals surface area contributed by atoms with Gasteiger partial charge in [0, 0.05) is 21.8 Å². The van der Waals surface area contributed by atoms with Crippen molar-refractivity contribution in [1.29, 1.82) is 0 Å². The number of carbonyl (C=O) groups excluding carboxylic acids is 4. The van der Waals surface area contributed by atoms with E-state index in [1.165, 1.54) is 12.0 Å². The van der Waals surface area contributed by atoms with E-state index in [4.69, 9.17) is 9.47 Å². The first-order valence-corrected chi connectivity index (χ1v) is 11.6. The van der Waals surface area contributed by atoms with Crippen LogP contribution in [0, 0.1) is 23.7 Å². The van der Waals surface area contributed by atoms with Crippen LogP contribution in [0.4, 0.5) is 0 Å². The van der Waals surface area contributed by atoms with Gasteiger partial charge in [0.05, 0.1) is 25.4 Å². The second-order valence-electron chi connectivity index (χ2n) is 7.89. The van der Waals surface area contributed by atoms with E-state index in [2.05, 4.69) is 31.9 Å². The second kappa shape index (κ2) is 8.42. The average molecular weight is 543 g/mol. The summed E-state index contributed by atoms with van der Waals surface area (Å²) >= 11 is 7.29. The number of methoxy groups -OCH3 is 1. The quantitative estimate of drug-likeness (QED) is 0.228. The Kier molecular flexibility index (Phi) is 6.03. The molecule has 2 amide bonds. The van der Waals surface area contributed by atoms with Gasteiger partial charge >= 0.3 is 5.97 Å². The number of rotatable bonds is 7. The number of Topliss-reactive ketones (excluding diaryl/α,β-unsaturated/α-hetero) is 1. The predicted molar refractivity (Wildman–Crippen MR) is 114 cm³/mol. The maximum absolute atomic E-state index is 12.8. The fraction of sp³-hybridized carbons (Fsp3) is 0.524. The summed E-state index contributed by atoms with van der Waals surface area (Å²) in [4.78, 5) is 51.4. The highest BCUT2D eigenvalue weighted by Gasteiger charge is 2.66. The first-order chi connectivity index (χ1) is 14.3. The van der Waals surface area contributed by atoms with Crippen LogP contribution in [0.1, 0.15) is 23.2 Å². The molecule has 6 atom stereocenters. The molecule has 1 aromatic carbocycles. The topological polar surface area (TPSA) is 90.0 Å². The smallest absolute Gasteiger partial charge is 0.308 e. The van der Waals surface area contributed by atoms with Gasteiger partial charge in [0.2, 0.25) is 11.8 Å². The number of ether oxygens (including phenoxy) is 2. The minimum atomic E-state index is -0.616. The van der Waals surface area contributed by atoms with E-state index in [0.717, 1.165) is 6.42 Å². The fourth-order valence-corrected chi connectivity index (χ4v) is 6.79. The van der Waals surface area contributed by atoms with Crippen LogP contribution < -0.4 is 4.74 Å². The van der Waals surface area contributed by atoms with Gasteiger partial charge in [-0.25, -0.2) is 0 Å². The van der Waals surface area contributed by atoms with Crippen molar-refractivity contribution in [2.24, 2.45) is 23.7 Å². The van der Waals surface area contributed by atoms with Gasteiger partial charge < -0.3 is 9.47 Å². The van der Waals surface area contributed by atoms with Crippen LogP contribution in [0.15, 0.2) is 24.3 Å². The number of imide groups is 1. The number of carbonyl (C=O) groups is 4. The van der Waals surface area contributed by atoms with Gasteiger partial charge in [0.25, 0.3) is 0 Å². The van der Waals surface area contributed by atoms with Crippen LogP contribution in [-0.4, -0.2) is 58.4 Å². The monoisotopic (exact) mass is 541 g/mol. The summed E-state index contributed by atoms with van der Waals surface area (Å²) in [6.45, 7) is -0.404. The number of halogens is 2. The second-order valence-corrected chi connectivity index (χ2v) is 10.0. The van der Waals surface area contributed by atoms with Crippen LogP contribution in [-0.2, 0) is 19.1 Å². The SMILES string of the molecule is COc1ccc(C(=O)COC(=O)CCN2C(=O)[C@H]3[C@@H]4C[C@@H]([C@@H](Br)[C@H]4Br)[C@@H]3C2=O)cc1. The van der Waals surface area contributed by atoms with E-state index in [9.17, 15) is 19.2 Å². The summed E-state index contributed by atoms with van der Waals surface area (Å²) < 4.78 is 10.1. The molecule has 3 aliphatic rings. The molecule has 2 bridgehead atoms. The Labute approximate surface area is 190 Å². The Morgan fingerprint density at radius 3 is 2.13 bits per heavy atom. The summed E-state index contributed by atoms with van der Waals surface area (Å²) in [5.74, 6) is -1.03. The Morgan fingerprint density at radius 1 is 1.03 bits per heavy atom. The number of likely N-dealkylation sites (tertiary alicyclic amines) is 1. The summed E-state index contributed by atoms with van der Waals surface area (Å²) in [6, 6.07) is 6.49. The number of amides is 2. The highest BCUT2D eigenvalue weighted by Crippen LogP contribution is 2.60. The highest BCUT2D eigenvalue weighted by molar-refractivity contribution is 9.12. The molecule has 0 radical (unpaired) electrons. The van der Waals surface area contributed by atoms with Crippen molar-refractivity contribution in [3.8, 4) is 5.75 Å². The minimum absolute atomic E-state index is 0.0143. The van der Waals surface area contributed by atoms with Gasteiger partial charge in [-0.3, -0.25) is 24.1 Å². The number of fused-ring (bicyclic) bond motifs is 5. The molecule has 7 nitrogen and oxygen atoms in total. The summed E-state index contributed by atoms with van der Waals surface area (Å²) in [6.07, 6.45) is 0.736. The molecule has 1 heterocycles. The number of esters is 1. The molecular weight excluding hydrogens is 522 g/mol. The van der Waals surface area contributed by atoms with Crippen LogP contribution in [0.25, 0.3) is 0 Å². The average Bonchev–Trinajstić information content (AvgIpc) is 3.35. The van der Waals surface area contributed by atoms with Crippen LogP contribution in [0.2, 0.25) is 0 Å². The Morgan fingerprint density at radius 2 is 1.60 bits per heavy atom. The number of hydrogen-bond acceptors (Lipinski definition) is 6. The summed E-state index contributed by atoms with van der Waals surface area (Å²) in [5.41, 5.74) is 0.408. The van der Waals surface area contributed by atoms with Gasteiger partial charge in [0.15, 0.2) is 12.4 Å². The predicted octanol–water partition coefficient (Wildman–Crippen LogP) is 2.59. The van der Waals surface area contributed by atoms with Crippen molar-refractivity contribution in [2.45, 2.75) is 22.5 Å². The number of benzene rings is 1. The van der Waals surface area contributed by atoms with E-state index >= 15 is 0 Å². The zero-order chi connectivity index (χ0) is 21.6. The zero-order valence-corrected chi connectivity index (χ0v) is 19.4. The molecular formula is C21H21Br2NO6. The standard InChI is InChI=1S/C21H21Br2NO6/c1-29-11-4-2-10(3-5-11)14(25)9-30-15(26)6-7-24-20(27)16-12-8-13(17(16)21(24)28)19(23)18(12)22/h2-5,12-13,16-19H,6-9H2,1H3/t12-,13+,16-,17-,18-,19+/m0/s1. The van der Waals surface area contributed by atoms with E-state index in [1.54, 1.807) is 24.3 Å². The van der Waals surface area contributed by atoms with Gasteiger partial charge in [-0.15, -0.1) is 0 Å². The number of hydrogen-bond donors (Lipinski definition) is 0. The first kappa shape index (κ1) is 21.5. The maximum atomic E-state index is 12.8. The van der Waals surface area contributed by atoms with E-state index in [-0.39, 0.29) is 70.5 Å². The van der Waals surface area contributed by atoms with Crippen LogP contribution >= 0.6 is 31.9 Å². The third-order valence-corrected chi connectivity index (χ3v) is 9.60. The lowest BCUT2D eigenvalue weighted by Gasteiger charge is -2.28. The lowest BCUT2D eigenvalue weighted by atomic mass is 9.81. The lowest BCUT2D eigenvalue weighted by Crippen LogP contribution is -2.37. The highest BCUT2D eigenvalue weighted by atomic mass is 79.9. The van der Waals surface area contributed by atoms with Gasteiger partial charge in [0.1, 0.15) is 5.75 Å². The largest absolute Gasteiger partial charge is 0.497 e. The fourth-order valence-electron chi connectivity index (χ4n) is 4.91. The van der Waals surface area contributed by atoms with E-state index in [1.807, 2.05) is 0 Å². The molecule has 0 spiro atoms. The molecule has 1 aliphatic heterocycles. The molecule has 9 heteroatoms. The van der Waals surface area contributed by atoms with Crippen molar-refractivity contribution in [2.75, 3.05) is 20.3 Å². The zero-order valence-electron chi connectivity index (χ0n) is 16.3. The van der Waals surface area contributed by atoms with Crippen molar-refractivity contribution in [3.63, 3.8) is 0 Å². The third kappa shape index (κ3) is 3.60. The molecule has 160 valence electrons.